The Labute approximate surface area is 321 Å². The van der Waals surface area contributed by atoms with Gasteiger partial charge < -0.3 is 14.4 Å². The topological polar surface area (TPSA) is 21.7 Å². The molecule has 0 radical (unpaired) electrons. The molecular formula is C50H32BNO2. The highest BCUT2D eigenvalue weighted by molar-refractivity contribution is 6.98. The molecule has 0 N–H and O–H groups in total. The number of nitrogens with zero attached hydrogens (tertiary/aromatic N) is 1. The average Bonchev–Trinajstić information content (AvgIpc) is 3.28. The SMILES string of the molecule is [2H]c1c([2H])c([2H])c(-c2c3ccccc3c(-c3cc4c5c(c3)Oc3cc(N(c6ccccc6)c6ccccc6)ccc3B5c3ccccc3O4)c3ccccc23)c([2H])c1[2H]. The van der Waals surface area contributed by atoms with Crippen molar-refractivity contribution in [2.75, 3.05) is 4.90 Å². The van der Waals surface area contributed by atoms with Crippen molar-refractivity contribution in [3.8, 4) is 45.3 Å². The standard InChI is InChI=1S/C50H32BNO2/c1-4-16-33(17-5-1)48-38-22-10-12-24-40(38)49(41-25-13-11-23-39(41)48)34-30-46-50-47(31-34)54-45-32-37(28-29-43(45)51(50)42-26-14-15-27-44(42)53-46)52(35-18-6-2-7-19-35)36-20-8-3-9-21-36/h1-32H/i1D,4D,5D,16D,17D. The van der Waals surface area contributed by atoms with E-state index in [0.717, 1.165) is 77.6 Å². The third-order valence-corrected chi connectivity index (χ3v) is 10.6. The Balaban J connectivity index is 1.15. The summed E-state index contributed by atoms with van der Waals surface area (Å²) in [5.74, 6) is 2.93. The minimum Gasteiger partial charge on any atom is -0.458 e. The Morgan fingerprint density at radius 3 is 1.52 bits per heavy atom. The molecule has 0 saturated carbocycles. The van der Waals surface area contributed by atoms with Crippen LogP contribution < -0.4 is 30.8 Å². The van der Waals surface area contributed by atoms with E-state index in [9.17, 15) is 0 Å². The number of rotatable bonds is 5. The van der Waals surface area contributed by atoms with Gasteiger partial charge in [-0.2, -0.15) is 0 Å². The molecule has 252 valence electrons. The third kappa shape index (κ3) is 4.77. The number of fused-ring (bicyclic) bond motifs is 6. The van der Waals surface area contributed by atoms with Gasteiger partial charge in [-0.25, -0.2) is 0 Å². The Morgan fingerprint density at radius 1 is 0.407 bits per heavy atom. The molecule has 2 aliphatic heterocycles. The third-order valence-electron chi connectivity index (χ3n) is 10.6. The van der Waals surface area contributed by atoms with E-state index in [-0.39, 0.29) is 36.4 Å². The van der Waals surface area contributed by atoms with E-state index >= 15 is 0 Å². The van der Waals surface area contributed by atoms with Gasteiger partial charge in [0, 0.05) is 28.6 Å². The zero-order valence-electron chi connectivity index (χ0n) is 33.9. The van der Waals surface area contributed by atoms with Gasteiger partial charge in [0.05, 0.1) is 6.85 Å². The number of ether oxygens (including phenoxy) is 2. The van der Waals surface area contributed by atoms with Crippen LogP contribution >= 0.6 is 0 Å². The first-order valence-corrected chi connectivity index (χ1v) is 18.0. The molecule has 3 nitrogen and oxygen atoms in total. The van der Waals surface area contributed by atoms with Gasteiger partial charge >= 0.3 is 0 Å². The van der Waals surface area contributed by atoms with Crippen molar-refractivity contribution in [2.45, 2.75) is 0 Å². The van der Waals surface area contributed by atoms with Gasteiger partial charge in [0.2, 0.25) is 0 Å². The fourth-order valence-corrected chi connectivity index (χ4v) is 8.40. The summed E-state index contributed by atoms with van der Waals surface area (Å²) >= 11 is 0. The van der Waals surface area contributed by atoms with Crippen LogP contribution in [0.1, 0.15) is 6.85 Å². The highest BCUT2D eigenvalue weighted by Crippen LogP contribution is 2.47. The second-order valence-corrected chi connectivity index (χ2v) is 13.6. The number of hydrogen-bond donors (Lipinski definition) is 0. The molecule has 0 amide bonds. The molecule has 0 aliphatic carbocycles. The molecule has 9 aromatic carbocycles. The van der Waals surface area contributed by atoms with Crippen LogP contribution in [-0.2, 0) is 0 Å². The van der Waals surface area contributed by atoms with Gasteiger partial charge in [-0.1, -0.05) is 139 Å². The van der Waals surface area contributed by atoms with Crippen molar-refractivity contribution in [2.24, 2.45) is 0 Å². The van der Waals surface area contributed by atoms with Crippen LogP contribution in [0.25, 0.3) is 43.8 Å². The van der Waals surface area contributed by atoms with Crippen molar-refractivity contribution >= 4 is 61.7 Å². The molecule has 4 heteroatoms. The molecule has 11 rings (SSSR count). The van der Waals surface area contributed by atoms with Crippen molar-refractivity contribution in [3.05, 3.63) is 194 Å². The first-order valence-electron chi connectivity index (χ1n) is 20.5. The predicted molar refractivity (Wildman–Crippen MR) is 225 cm³/mol. The summed E-state index contributed by atoms with van der Waals surface area (Å²) in [4.78, 5) is 2.23. The van der Waals surface area contributed by atoms with Gasteiger partial charge in [-0.15, -0.1) is 0 Å². The highest BCUT2D eigenvalue weighted by atomic mass is 16.5. The second kappa shape index (κ2) is 12.3. The van der Waals surface area contributed by atoms with Crippen LogP contribution in [0.3, 0.4) is 0 Å². The largest absolute Gasteiger partial charge is 0.458 e. The summed E-state index contributed by atoms with van der Waals surface area (Å²) in [5, 5.41) is 3.28. The maximum absolute atomic E-state index is 8.97. The molecule has 0 saturated heterocycles. The van der Waals surface area contributed by atoms with E-state index in [1.165, 1.54) is 0 Å². The maximum Gasteiger partial charge on any atom is 0.260 e. The number of hydrogen-bond acceptors (Lipinski definition) is 3. The second-order valence-electron chi connectivity index (χ2n) is 13.6. The highest BCUT2D eigenvalue weighted by Gasteiger charge is 2.41. The summed E-state index contributed by atoms with van der Waals surface area (Å²) in [6.07, 6.45) is 0. The zero-order valence-corrected chi connectivity index (χ0v) is 28.9. The summed E-state index contributed by atoms with van der Waals surface area (Å²) in [7, 11) is 0. The van der Waals surface area contributed by atoms with E-state index in [1.807, 2.05) is 103 Å². The van der Waals surface area contributed by atoms with Gasteiger partial charge in [0.15, 0.2) is 0 Å². The monoisotopic (exact) mass is 694 g/mol. The molecule has 0 atom stereocenters. The smallest absolute Gasteiger partial charge is 0.260 e. The number of para-hydroxylation sites is 3. The fraction of sp³-hybridized carbons (Fsp3) is 0. The molecule has 2 aliphatic rings. The van der Waals surface area contributed by atoms with Crippen LogP contribution in [0.2, 0.25) is 0 Å². The van der Waals surface area contributed by atoms with Crippen LogP contribution in [0.4, 0.5) is 17.1 Å². The van der Waals surface area contributed by atoms with Crippen LogP contribution in [0.15, 0.2) is 194 Å². The lowest BCUT2D eigenvalue weighted by molar-refractivity contribution is 0.465. The lowest BCUT2D eigenvalue weighted by Crippen LogP contribution is -2.57. The summed E-state index contributed by atoms with van der Waals surface area (Å²) in [6.45, 7) is -0.140. The lowest BCUT2D eigenvalue weighted by Gasteiger charge is -2.34. The van der Waals surface area contributed by atoms with Gasteiger partial charge in [0.25, 0.3) is 6.71 Å². The normalized spacial score (nSPS) is 13.6. The average molecular weight is 695 g/mol. The number of anilines is 3. The molecule has 9 aromatic rings. The van der Waals surface area contributed by atoms with Gasteiger partial charge in [-0.3, -0.25) is 0 Å². The van der Waals surface area contributed by atoms with E-state index in [4.69, 9.17) is 16.3 Å². The molecule has 0 unspecified atom stereocenters. The predicted octanol–water partition coefficient (Wildman–Crippen LogP) is 11.5. The Morgan fingerprint density at radius 2 is 0.907 bits per heavy atom. The minimum absolute atomic E-state index is 0.140. The van der Waals surface area contributed by atoms with Crippen LogP contribution in [0, 0.1) is 0 Å². The molecule has 0 fully saturated rings. The van der Waals surface area contributed by atoms with E-state index in [1.54, 1.807) is 0 Å². The molecule has 0 bridgehead atoms. The van der Waals surface area contributed by atoms with Crippen molar-refractivity contribution in [1.82, 2.24) is 0 Å². The summed E-state index contributed by atoms with van der Waals surface area (Å²) < 4.78 is 57.1. The quantitative estimate of drug-likeness (QED) is 0.132. The Kier molecular flexibility index (Phi) is 5.88. The number of benzene rings is 9. The fourth-order valence-electron chi connectivity index (χ4n) is 8.40. The van der Waals surface area contributed by atoms with E-state index in [0.29, 0.717) is 17.1 Å². The van der Waals surface area contributed by atoms with Gasteiger partial charge in [0.1, 0.15) is 23.0 Å². The lowest BCUT2D eigenvalue weighted by atomic mass is 9.35. The van der Waals surface area contributed by atoms with Crippen molar-refractivity contribution in [1.29, 1.82) is 0 Å². The zero-order chi connectivity index (χ0) is 39.9. The molecule has 2 heterocycles. The molecule has 0 aromatic heterocycles. The van der Waals surface area contributed by atoms with Crippen molar-refractivity contribution < 1.29 is 16.3 Å². The first kappa shape index (κ1) is 25.8. The Bertz CT molecular complexity index is 3070. The van der Waals surface area contributed by atoms with Crippen molar-refractivity contribution in [3.63, 3.8) is 0 Å². The summed E-state index contributed by atoms with van der Waals surface area (Å²) in [6, 6.07) is 53.6. The molecule has 54 heavy (non-hydrogen) atoms. The van der Waals surface area contributed by atoms with Gasteiger partial charge in [-0.05, 0) is 103 Å². The van der Waals surface area contributed by atoms with E-state index in [2.05, 4.69) is 65.6 Å². The maximum atomic E-state index is 8.97. The molecular weight excluding hydrogens is 657 g/mol. The molecule has 0 spiro atoms. The van der Waals surface area contributed by atoms with Crippen LogP contribution in [0.5, 0.6) is 23.0 Å². The van der Waals surface area contributed by atoms with Crippen LogP contribution in [-0.4, -0.2) is 6.71 Å². The van der Waals surface area contributed by atoms with E-state index < -0.39 is 6.04 Å². The minimum atomic E-state index is -0.418. The first-order chi connectivity index (χ1) is 28.9. The Hall–Kier alpha value is -7.04. The summed E-state index contributed by atoms with van der Waals surface area (Å²) in [5.41, 5.74) is 8.65.